The molecule has 2 heterocycles. The summed E-state index contributed by atoms with van der Waals surface area (Å²) in [5.74, 6) is -0.218. The molecule has 2 aliphatic rings. The predicted octanol–water partition coefficient (Wildman–Crippen LogP) is 1.01. The van der Waals surface area contributed by atoms with Crippen molar-refractivity contribution in [2.45, 2.75) is 32.2 Å². The maximum Gasteiger partial charge on any atom is 0.320 e. The molecule has 1 N–H and O–H groups in total. The molecule has 1 unspecified atom stereocenters. The molecule has 0 aromatic rings. The van der Waals surface area contributed by atoms with Gasteiger partial charge in [-0.3, -0.25) is 4.79 Å². The number of morpholine rings is 1. The fourth-order valence-corrected chi connectivity index (χ4v) is 2.66. The summed E-state index contributed by atoms with van der Waals surface area (Å²) in [5.41, 5.74) is 0. The van der Waals surface area contributed by atoms with Crippen molar-refractivity contribution in [1.29, 1.82) is 0 Å². The fraction of sp³-hybridized carbons (Fsp3) is 0.846. The van der Waals surface area contributed by atoms with E-state index < -0.39 is 5.97 Å². The third kappa shape index (κ3) is 3.59. The predicted molar refractivity (Wildman–Crippen MR) is 68.9 cm³/mol. The molecular formula is C13H22N2O4. The second-order valence-corrected chi connectivity index (χ2v) is 5.47. The topological polar surface area (TPSA) is 70.1 Å². The van der Waals surface area contributed by atoms with E-state index in [-0.39, 0.29) is 18.5 Å². The summed E-state index contributed by atoms with van der Waals surface area (Å²) < 4.78 is 5.29. The fourth-order valence-electron chi connectivity index (χ4n) is 2.66. The monoisotopic (exact) mass is 270 g/mol. The molecular weight excluding hydrogens is 248 g/mol. The summed E-state index contributed by atoms with van der Waals surface area (Å²) in [4.78, 5) is 26.8. The van der Waals surface area contributed by atoms with Crippen LogP contribution in [0.25, 0.3) is 0 Å². The van der Waals surface area contributed by atoms with E-state index in [1.807, 2.05) is 4.90 Å². The van der Waals surface area contributed by atoms with Crippen molar-refractivity contribution >= 4 is 12.0 Å². The average Bonchev–Trinajstić information content (AvgIpc) is 2.39. The highest BCUT2D eigenvalue weighted by Gasteiger charge is 2.32. The number of hydrogen-bond acceptors (Lipinski definition) is 3. The van der Waals surface area contributed by atoms with E-state index in [0.29, 0.717) is 25.7 Å². The Labute approximate surface area is 113 Å². The highest BCUT2D eigenvalue weighted by Crippen LogP contribution is 2.20. The summed E-state index contributed by atoms with van der Waals surface area (Å²) in [5, 5.41) is 8.90. The Morgan fingerprint density at radius 1 is 1.26 bits per heavy atom. The van der Waals surface area contributed by atoms with Crippen molar-refractivity contribution in [1.82, 2.24) is 9.80 Å². The van der Waals surface area contributed by atoms with Crippen molar-refractivity contribution in [3.63, 3.8) is 0 Å². The molecule has 0 aromatic carbocycles. The summed E-state index contributed by atoms with van der Waals surface area (Å²) in [6, 6.07) is -0.362. The lowest BCUT2D eigenvalue weighted by atomic mass is 9.99. The number of nitrogens with zero attached hydrogens (tertiary/aromatic N) is 2. The van der Waals surface area contributed by atoms with Gasteiger partial charge in [0.2, 0.25) is 0 Å². The van der Waals surface area contributed by atoms with E-state index >= 15 is 0 Å². The number of amides is 2. The molecule has 0 radical (unpaired) electrons. The number of hydrogen-bond donors (Lipinski definition) is 1. The number of carbonyl (C=O) groups is 2. The van der Waals surface area contributed by atoms with Crippen molar-refractivity contribution < 1.29 is 19.4 Å². The molecule has 2 amide bonds. The smallest absolute Gasteiger partial charge is 0.320 e. The summed E-state index contributed by atoms with van der Waals surface area (Å²) in [6.07, 6.45) is 2.01. The SMILES string of the molecule is CC1CCN(C(=O)N2CCOCC2CC(=O)O)CC1. The summed E-state index contributed by atoms with van der Waals surface area (Å²) in [7, 11) is 0. The molecule has 0 bridgehead atoms. The van der Waals surface area contributed by atoms with Crippen LogP contribution >= 0.6 is 0 Å². The van der Waals surface area contributed by atoms with Gasteiger partial charge in [0.1, 0.15) is 0 Å². The standard InChI is InChI=1S/C13H22N2O4/c1-10-2-4-14(5-3-10)13(18)15-6-7-19-9-11(15)8-12(16)17/h10-11H,2-9H2,1H3,(H,16,17). The van der Waals surface area contributed by atoms with Crippen LogP contribution in [0.3, 0.4) is 0 Å². The van der Waals surface area contributed by atoms with E-state index in [2.05, 4.69) is 6.92 Å². The minimum Gasteiger partial charge on any atom is -0.481 e. The lowest BCUT2D eigenvalue weighted by Gasteiger charge is -2.40. The number of carboxylic acids is 1. The van der Waals surface area contributed by atoms with Gasteiger partial charge in [0.15, 0.2) is 0 Å². The van der Waals surface area contributed by atoms with Crippen molar-refractivity contribution in [3.8, 4) is 0 Å². The quantitative estimate of drug-likeness (QED) is 0.813. The Morgan fingerprint density at radius 2 is 1.95 bits per heavy atom. The number of carboxylic acid groups (broad SMARTS) is 1. The normalized spacial score (nSPS) is 25.4. The van der Waals surface area contributed by atoms with Crippen LogP contribution in [-0.2, 0) is 9.53 Å². The Balaban J connectivity index is 1.96. The summed E-state index contributed by atoms with van der Waals surface area (Å²) in [6.45, 7) is 5.05. The third-order valence-corrected chi connectivity index (χ3v) is 3.94. The van der Waals surface area contributed by atoms with Gasteiger partial charge >= 0.3 is 12.0 Å². The largest absolute Gasteiger partial charge is 0.481 e. The molecule has 0 saturated carbocycles. The number of rotatable bonds is 2. The molecule has 19 heavy (non-hydrogen) atoms. The minimum absolute atomic E-state index is 0.0264. The minimum atomic E-state index is -0.888. The van der Waals surface area contributed by atoms with E-state index in [0.717, 1.165) is 25.9 Å². The Bertz CT molecular complexity index is 340. The van der Waals surface area contributed by atoms with Gasteiger partial charge < -0.3 is 19.6 Å². The van der Waals surface area contributed by atoms with Gasteiger partial charge in [-0.1, -0.05) is 6.92 Å². The van der Waals surface area contributed by atoms with Crippen LogP contribution in [0.4, 0.5) is 4.79 Å². The van der Waals surface area contributed by atoms with Gasteiger partial charge in [-0.15, -0.1) is 0 Å². The zero-order chi connectivity index (χ0) is 13.8. The van der Waals surface area contributed by atoms with Crippen LogP contribution < -0.4 is 0 Å². The van der Waals surface area contributed by atoms with Crippen LogP contribution in [0, 0.1) is 5.92 Å². The molecule has 0 aromatic heterocycles. The van der Waals surface area contributed by atoms with Gasteiger partial charge in [-0.05, 0) is 18.8 Å². The zero-order valence-corrected chi connectivity index (χ0v) is 11.4. The molecule has 0 aliphatic carbocycles. The van der Waals surface area contributed by atoms with Crippen LogP contribution in [0.2, 0.25) is 0 Å². The van der Waals surface area contributed by atoms with Gasteiger partial charge in [0, 0.05) is 19.6 Å². The highest BCUT2D eigenvalue weighted by molar-refractivity contribution is 5.76. The lowest BCUT2D eigenvalue weighted by Crippen LogP contribution is -2.55. The Kier molecular flexibility index (Phi) is 4.63. The number of carbonyl (C=O) groups excluding carboxylic acids is 1. The van der Waals surface area contributed by atoms with E-state index in [9.17, 15) is 9.59 Å². The number of urea groups is 1. The average molecular weight is 270 g/mol. The third-order valence-electron chi connectivity index (χ3n) is 3.94. The van der Waals surface area contributed by atoms with Crippen molar-refractivity contribution in [2.75, 3.05) is 32.8 Å². The highest BCUT2D eigenvalue weighted by atomic mass is 16.5. The first-order valence-corrected chi connectivity index (χ1v) is 6.93. The number of aliphatic carboxylic acids is 1. The van der Waals surface area contributed by atoms with Crippen LogP contribution in [0.5, 0.6) is 0 Å². The first kappa shape index (κ1) is 14.1. The van der Waals surface area contributed by atoms with Gasteiger partial charge in [-0.25, -0.2) is 4.79 Å². The summed E-state index contributed by atoms with van der Waals surface area (Å²) >= 11 is 0. The van der Waals surface area contributed by atoms with Crippen molar-refractivity contribution in [3.05, 3.63) is 0 Å². The molecule has 1 atom stereocenters. The first-order chi connectivity index (χ1) is 9.08. The van der Waals surface area contributed by atoms with Gasteiger partial charge in [0.25, 0.3) is 0 Å². The van der Waals surface area contributed by atoms with Crippen LogP contribution in [-0.4, -0.2) is 65.8 Å². The first-order valence-electron chi connectivity index (χ1n) is 6.93. The molecule has 6 nitrogen and oxygen atoms in total. The van der Waals surface area contributed by atoms with Crippen LogP contribution in [0.15, 0.2) is 0 Å². The molecule has 0 spiro atoms. The maximum absolute atomic E-state index is 12.5. The molecule has 108 valence electrons. The second kappa shape index (κ2) is 6.23. The zero-order valence-electron chi connectivity index (χ0n) is 11.4. The maximum atomic E-state index is 12.5. The van der Waals surface area contributed by atoms with Crippen LogP contribution in [0.1, 0.15) is 26.2 Å². The van der Waals surface area contributed by atoms with E-state index in [1.165, 1.54) is 0 Å². The van der Waals surface area contributed by atoms with E-state index in [1.54, 1.807) is 4.90 Å². The lowest BCUT2D eigenvalue weighted by molar-refractivity contribution is -0.139. The molecule has 2 aliphatic heterocycles. The van der Waals surface area contributed by atoms with Gasteiger partial charge in [0.05, 0.1) is 25.7 Å². The van der Waals surface area contributed by atoms with Gasteiger partial charge in [-0.2, -0.15) is 0 Å². The Morgan fingerprint density at radius 3 is 2.58 bits per heavy atom. The molecule has 2 fully saturated rings. The molecule has 6 heteroatoms. The second-order valence-electron chi connectivity index (χ2n) is 5.47. The number of ether oxygens (including phenoxy) is 1. The van der Waals surface area contributed by atoms with E-state index in [4.69, 9.17) is 9.84 Å². The molecule has 2 rings (SSSR count). The molecule has 2 saturated heterocycles. The number of likely N-dealkylation sites (tertiary alicyclic amines) is 1. The Hall–Kier alpha value is -1.30. The number of piperidine rings is 1. The van der Waals surface area contributed by atoms with Crippen molar-refractivity contribution in [2.24, 2.45) is 5.92 Å².